The Morgan fingerprint density at radius 3 is 2.81 bits per heavy atom. The van der Waals surface area contributed by atoms with Gasteiger partial charge in [0, 0.05) is 36.6 Å². The van der Waals surface area contributed by atoms with E-state index >= 15 is 0 Å². The monoisotopic (exact) mass is 378 g/mol. The molecule has 3 aromatic heterocycles. The van der Waals surface area contributed by atoms with Crippen LogP contribution in [0.4, 0.5) is 5.82 Å². The summed E-state index contributed by atoms with van der Waals surface area (Å²) >= 11 is 5.81. The Balaban J connectivity index is 1.58. The quantitative estimate of drug-likeness (QED) is 0.703. The van der Waals surface area contributed by atoms with Crippen molar-refractivity contribution in [3.8, 4) is 17.3 Å². The van der Waals surface area contributed by atoms with Crippen molar-refractivity contribution in [3.63, 3.8) is 0 Å². The van der Waals surface area contributed by atoms with E-state index in [4.69, 9.17) is 11.6 Å². The van der Waals surface area contributed by atoms with Gasteiger partial charge in [0.1, 0.15) is 28.3 Å². The zero-order valence-corrected chi connectivity index (χ0v) is 15.0. The Bertz CT molecular complexity index is 1010. The summed E-state index contributed by atoms with van der Waals surface area (Å²) in [4.78, 5) is 22.6. The number of rotatable bonds is 4. The Kier molecular flexibility index (Phi) is 4.57. The van der Waals surface area contributed by atoms with Crippen LogP contribution in [0.3, 0.4) is 0 Å². The van der Waals surface area contributed by atoms with Crippen LogP contribution in [0.25, 0.3) is 11.3 Å². The number of aromatic nitrogens is 4. The SMILES string of the molecule is N#Cc1c(-c2ccncc2)n[nH]c1N1CCC(Cc2ccc(Cl)nc2)C1=O. The fourth-order valence-corrected chi connectivity index (χ4v) is 3.43. The lowest BCUT2D eigenvalue weighted by atomic mass is 9.99. The molecule has 3 aromatic rings. The number of nitrogens with zero attached hydrogens (tertiary/aromatic N) is 5. The Labute approximate surface area is 160 Å². The van der Waals surface area contributed by atoms with Crippen LogP contribution < -0.4 is 4.90 Å². The van der Waals surface area contributed by atoms with Crippen molar-refractivity contribution in [2.45, 2.75) is 12.8 Å². The van der Waals surface area contributed by atoms with E-state index in [1.165, 1.54) is 0 Å². The minimum atomic E-state index is -0.160. The summed E-state index contributed by atoms with van der Waals surface area (Å²) < 4.78 is 0. The van der Waals surface area contributed by atoms with Gasteiger partial charge in [0.05, 0.1) is 0 Å². The highest BCUT2D eigenvalue weighted by Gasteiger charge is 2.35. The summed E-state index contributed by atoms with van der Waals surface area (Å²) in [6.45, 7) is 0.539. The standard InChI is InChI=1S/C19H15ClN6O/c20-16-2-1-12(11-23-16)9-14-5-8-26(19(14)27)18-15(10-21)17(24-25-18)13-3-6-22-7-4-13/h1-4,6-7,11,14H,5,8-9H2,(H,24,25). The largest absolute Gasteiger partial charge is 0.296 e. The molecule has 1 aliphatic rings. The number of halogens is 1. The third-order valence-electron chi connectivity index (χ3n) is 4.67. The van der Waals surface area contributed by atoms with Gasteiger partial charge in [0.25, 0.3) is 0 Å². The highest BCUT2D eigenvalue weighted by Crippen LogP contribution is 2.32. The Morgan fingerprint density at radius 2 is 2.11 bits per heavy atom. The molecule has 1 aliphatic heterocycles. The van der Waals surface area contributed by atoms with E-state index in [1.807, 2.05) is 6.07 Å². The summed E-state index contributed by atoms with van der Waals surface area (Å²) in [6, 6.07) is 9.34. The predicted molar refractivity (Wildman–Crippen MR) is 99.9 cm³/mol. The molecule has 1 unspecified atom stereocenters. The second-order valence-electron chi connectivity index (χ2n) is 6.31. The number of nitriles is 1. The lowest BCUT2D eigenvalue weighted by Crippen LogP contribution is -2.28. The molecule has 27 heavy (non-hydrogen) atoms. The number of hydrogen-bond donors (Lipinski definition) is 1. The average Bonchev–Trinajstić information content (AvgIpc) is 3.28. The summed E-state index contributed by atoms with van der Waals surface area (Å²) in [5.74, 6) is 0.268. The maximum atomic E-state index is 12.9. The highest BCUT2D eigenvalue weighted by molar-refractivity contribution is 6.29. The molecule has 4 heterocycles. The van der Waals surface area contributed by atoms with E-state index in [0.717, 1.165) is 11.1 Å². The number of H-pyrrole nitrogens is 1. The zero-order valence-electron chi connectivity index (χ0n) is 14.3. The first-order valence-electron chi connectivity index (χ1n) is 8.48. The van der Waals surface area contributed by atoms with Crippen LogP contribution in [0, 0.1) is 17.2 Å². The van der Waals surface area contributed by atoms with Gasteiger partial charge in [-0.2, -0.15) is 10.4 Å². The Morgan fingerprint density at radius 1 is 1.30 bits per heavy atom. The molecule has 8 heteroatoms. The second kappa shape index (κ2) is 7.17. The van der Waals surface area contributed by atoms with Crippen LogP contribution >= 0.6 is 11.6 Å². The number of anilines is 1. The van der Waals surface area contributed by atoms with Crippen LogP contribution in [0.1, 0.15) is 17.5 Å². The summed E-state index contributed by atoms with van der Waals surface area (Å²) in [7, 11) is 0. The highest BCUT2D eigenvalue weighted by atomic mass is 35.5. The smallest absolute Gasteiger partial charge is 0.231 e. The van der Waals surface area contributed by atoms with Crippen LogP contribution in [-0.4, -0.2) is 32.6 Å². The molecule has 0 spiro atoms. The summed E-state index contributed by atoms with van der Waals surface area (Å²) in [6.07, 6.45) is 6.27. The van der Waals surface area contributed by atoms with E-state index in [9.17, 15) is 10.1 Å². The number of pyridine rings is 2. The van der Waals surface area contributed by atoms with Crippen LogP contribution in [0.5, 0.6) is 0 Å². The fourth-order valence-electron chi connectivity index (χ4n) is 3.31. The molecule has 0 aromatic carbocycles. The van der Waals surface area contributed by atoms with E-state index in [-0.39, 0.29) is 11.8 Å². The number of carbonyl (C=O) groups is 1. The number of nitrogens with one attached hydrogen (secondary N) is 1. The molecule has 1 fully saturated rings. The average molecular weight is 379 g/mol. The lowest BCUT2D eigenvalue weighted by Gasteiger charge is -2.15. The number of aromatic amines is 1. The van der Waals surface area contributed by atoms with Crippen LogP contribution in [-0.2, 0) is 11.2 Å². The molecule has 0 bridgehead atoms. The zero-order chi connectivity index (χ0) is 18.8. The second-order valence-corrected chi connectivity index (χ2v) is 6.70. The van der Waals surface area contributed by atoms with E-state index in [2.05, 4.69) is 26.2 Å². The predicted octanol–water partition coefficient (Wildman–Crippen LogP) is 2.99. The molecule has 0 aliphatic carbocycles. The molecule has 7 nitrogen and oxygen atoms in total. The van der Waals surface area contributed by atoms with Gasteiger partial charge in [0.2, 0.25) is 5.91 Å². The molecule has 1 saturated heterocycles. The minimum absolute atomic E-state index is 0.0219. The van der Waals surface area contributed by atoms with Gasteiger partial charge in [-0.15, -0.1) is 0 Å². The van der Waals surface area contributed by atoms with Crippen LogP contribution in [0.2, 0.25) is 5.15 Å². The molecule has 1 N–H and O–H groups in total. The first kappa shape index (κ1) is 17.2. The maximum Gasteiger partial charge on any atom is 0.231 e. The van der Waals surface area contributed by atoms with Gasteiger partial charge in [-0.05, 0) is 36.6 Å². The topological polar surface area (TPSA) is 98.6 Å². The van der Waals surface area contributed by atoms with Crippen molar-refractivity contribution in [3.05, 3.63) is 59.1 Å². The van der Waals surface area contributed by atoms with Gasteiger partial charge >= 0.3 is 0 Å². The number of hydrogen-bond acceptors (Lipinski definition) is 5. The summed E-state index contributed by atoms with van der Waals surface area (Å²) in [5, 5.41) is 17.2. The molecule has 4 rings (SSSR count). The van der Waals surface area contributed by atoms with Crippen molar-refractivity contribution in [1.29, 1.82) is 5.26 Å². The van der Waals surface area contributed by atoms with Gasteiger partial charge in [-0.3, -0.25) is 19.8 Å². The van der Waals surface area contributed by atoms with Crippen molar-refractivity contribution >= 4 is 23.3 Å². The third kappa shape index (κ3) is 3.27. The van der Waals surface area contributed by atoms with Gasteiger partial charge in [-0.25, -0.2) is 4.98 Å². The maximum absolute atomic E-state index is 12.9. The fraction of sp³-hybridized carbons (Fsp3) is 0.211. The lowest BCUT2D eigenvalue weighted by molar-refractivity contribution is -0.120. The molecular weight excluding hydrogens is 364 g/mol. The number of amides is 1. The first-order chi connectivity index (χ1) is 13.2. The minimum Gasteiger partial charge on any atom is -0.296 e. The molecule has 1 amide bonds. The number of carbonyl (C=O) groups excluding carboxylic acids is 1. The van der Waals surface area contributed by atoms with Gasteiger partial charge < -0.3 is 0 Å². The third-order valence-corrected chi connectivity index (χ3v) is 4.89. The van der Waals surface area contributed by atoms with Crippen molar-refractivity contribution in [1.82, 2.24) is 20.2 Å². The summed E-state index contributed by atoms with van der Waals surface area (Å²) in [5.41, 5.74) is 2.62. The molecule has 0 saturated carbocycles. The van der Waals surface area contributed by atoms with Crippen molar-refractivity contribution in [2.75, 3.05) is 11.4 Å². The van der Waals surface area contributed by atoms with Crippen molar-refractivity contribution in [2.24, 2.45) is 5.92 Å². The van der Waals surface area contributed by atoms with Crippen molar-refractivity contribution < 1.29 is 4.79 Å². The first-order valence-corrected chi connectivity index (χ1v) is 8.86. The molecule has 1 atom stereocenters. The van der Waals surface area contributed by atoms with E-state index in [1.54, 1.807) is 41.7 Å². The van der Waals surface area contributed by atoms with Gasteiger partial charge in [-0.1, -0.05) is 17.7 Å². The van der Waals surface area contributed by atoms with E-state index in [0.29, 0.717) is 41.6 Å². The Hall–Kier alpha value is -3.24. The molecule has 134 valence electrons. The van der Waals surface area contributed by atoms with Gasteiger partial charge in [0.15, 0.2) is 0 Å². The molecular formula is C19H15ClN6O. The van der Waals surface area contributed by atoms with E-state index < -0.39 is 0 Å². The molecule has 0 radical (unpaired) electrons. The van der Waals surface area contributed by atoms with Crippen LogP contribution in [0.15, 0.2) is 42.9 Å². The normalized spacial score (nSPS) is 16.5.